The first kappa shape index (κ1) is 18.0. The van der Waals surface area contributed by atoms with E-state index in [-0.39, 0.29) is 5.91 Å². The van der Waals surface area contributed by atoms with Crippen molar-refractivity contribution in [2.75, 3.05) is 17.7 Å². The van der Waals surface area contributed by atoms with Crippen molar-refractivity contribution in [1.82, 2.24) is 4.98 Å². The van der Waals surface area contributed by atoms with E-state index in [0.717, 1.165) is 17.0 Å². The topological polar surface area (TPSA) is 87.0 Å². The Morgan fingerprint density at radius 1 is 1.11 bits per heavy atom. The number of methoxy groups -OCH3 is 1. The number of ether oxygens (including phenoxy) is 1. The molecule has 0 aliphatic rings. The molecular weight excluding hydrogens is 340 g/mol. The lowest BCUT2D eigenvalue weighted by Gasteiger charge is -2.11. The predicted octanol–water partition coefficient (Wildman–Crippen LogP) is 3.83. The highest BCUT2D eigenvalue weighted by molar-refractivity contribution is 6.04. The first-order valence-electron chi connectivity index (χ1n) is 8.32. The molecule has 0 aliphatic carbocycles. The fourth-order valence-electron chi connectivity index (χ4n) is 2.58. The molecule has 2 N–H and O–H groups in total. The summed E-state index contributed by atoms with van der Waals surface area (Å²) in [6.45, 7) is 0.543. The predicted molar refractivity (Wildman–Crippen MR) is 104 cm³/mol. The fraction of sp³-hybridized carbons (Fsp3) is 0.0952. The van der Waals surface area contributed by atoms with Crippen molar-refractivity contribution in [3.05, 3.63) is 83.7 Å². The number of anilines is 2. The summed E-state index contributed by atoms with van der Waals surface area (Å²) >= 11 is 0. The highest BCUT2D eigenvalue weighted by atomic mass is 16.5. The average molecular weight is 358 g/mol. The molecule has 0 saturated carbocycles. The lowest BCUT2D eigenvalue weighted by Crippen LogP contribution is -2.13. The maximum absolute atomic E-state index is 12.5. The number of pyridine rings is 1. The minimum atomic E-state index is -0.293. The van der Waals surface area contributed by atoms with E-state index in [9.17, 15) is 4.79 Å². The fourth-order valence-corrected chi connectivity index (χ4v) is 2.58. The van der Waals surface area contributed by atoms with Crippen molar-refractivity contribution in [3.8, 4) is 11.8 Å². The zero-order chi connectivity index (χ0) is 19.1. The van der Waals surface area contributed by atoms with E-state index < -0.39 is 0 Å². The Labute approximate surface area is 157 Å². The van der Waals surface area contributed by atoms with Gasteiger partial charge in [-0.3, -0.25) is 9.78 Å². The van der Waals surface area contributed by atoms with E-state index in [4.69, 9.17) is 10.00 Å². The molecule has 3 aromatic rings. The molecule has 0 fully saturated rings. The highest BCUT2D eigenvalue weighted by Crippen LogP contribution is 2.19. The molecule has 2 aromatic carbocycles. The average Bonchev–Trinajstić information content (AvgIpc) is 2.72. The summed E-state index contributed by atoms with van der Waals surface area (Å²) in [6, 6.07) is 18.2. The Morgan fingerprint density at radius 3 is 2.78 bits per heavy atom. The second-order valence-corrected chi connectivity index (χ2v) is 5.77. The van der Waals surface area contributed by atoms with Gasteiger partial charge in [-0.2, -0.15) is 5.26 Å². The van der Waals surface area contributed by atoms with Crippen LogP contribution in [0.4, 0.5) is 11.4 Å². The summed E-state index contributed by atoms with van der Waals surface area (Å²) in [4.78, 5) is 16.6. The van der Waals surface area contributed by atoms with Crippen LogP contribution in [0.1, 0.15) is 21.5 Å². The van der Waals surface area contributed by atoms with Gasteiger partial charge in [0.2, 0.25) is 0 Å². The molecule has 0 saturated heterocycles. The first-order valence-corrected chi connectivity index (χ1v) is 8.32. The molecule has 27 heavy (non-hydrogen) atoms. The Balaban J connectivity index is 1.69. The van der Waals surface area contributed by atoms with Crippen LogP contribution in [-0.4, -0.2) is 18.0 Å². The van der Waals surface area contributed by atoms with E-state index in [0.29, 0.717) is 23.4 Å². The summed E-state index contributed by atoms with van der Waals surface area (Å²) < 4.78 is 5.34. The van der Waals surface area contributed by atoms with Gasteiger partial charge < -0.3 is 15.4 Å². The number of aromatic nitrogens is 1. The second-order valence-electron chi connectivity index (χ2n) is 5.77. The molecule has 0 unspecified atom stereocenters. The van der Waals surface area contributed by atoms with E-state index in [2.05, 4.69) is 15.6 Å². The van der Waals surface area contributed by atoms with Crippen LogP contribution in [0.3, 0.4) is 0 Å². The molecule has 1 amide bonds. The number of carbonyl (C=O) groups excluding carboxylic acids is 1. The largest absolute Gasteiger partial charge is 0.496 e. The molecule has 1 aromatic heterocycles. The van der Waals surface area contributed by atoms with Crippen LogP contribution in [-0.2, 0) is 6.54 Å². The third-order valence-corrected chi connectivity index (χ3v) is 3.93. The molecular formula is C21H18N4O2. The molecule has 0 aliphatic heterocycles. The summed E-state index contributed by atoms with van der Waals surface area (Å²) in [6.07, 6.45) is 3.15. The van der Waals surface area contributed by atoms with Crippen LogP contribution in [0.25, 0.3) is 0 Å². The summed E-state index contributed by atoms with van der Waals surface area (Å²) in [5.74, 6) is 0.503. The van der Waals surface area contributed by atoms with Gasteiger partial charge in [-0.1, -0.05) is 24.3 Å². The van der Waals surface area contributed by atoms with Crippen molar-refractivity contribution < 1.29 is 9.53 Å². The van der Waals surface area contributed by atoms with Crippen molar-refractivity contribution in [1.29, 1.82) is 5.26 Å². The number of hydrogen-bond donors (Lipinski definition) is 2. The van der Waals surface area contributed by atoms with Gasteiger partial charge in [0.05, 0.1) is 30.0 Å². The van der Waals surface area contributed by atoms with Gasteiger partial charge in [0, 0.05) is 30.2 Å². The van der Waals surface area contributed by atoms with Crippen LogP contribution >= 0.6 is 0 Å². The van der Waals surface area contributed by atoms with E-state index in [1.54, 1.807) is 43.6 Å². The Kier molecular flexibility index (Phi) is 5.65. The second kappa shape index (κ2) is 8.50. The Hall–Kier alpha value is -3.85. The van der Waals surface area contributed by atoms with Crippen molar-refractivity contribution in [3.63, 3.8) is 0 Å². The number of nitrogens with zero attached hydrogens (tertiary/aromatic N) is 2. The molecule has 0 radical (unpaired) electrons. The van der Waals surface area contributed by atoms with E-state index >= 15 is 0 Å². The van der Waals surface area contributed by atoms with E-state index in [1.165, 1.54) is 6.20 Å². The smallest absolute Gasteiger partial charge is 0.257 e. The maximum Gasteiger partial charge on any atom is 0.257 e. The van der Waals surface area contributed by atoms with E-state index in [1.807, 2.05) is 30.3 Å². The van der Waals surface area contributed by atoms with Gasteiger partial charge in [0.25, 0.3) is 5.91 Å². The van der Waals surface area contributed by atoms with Crippen molar-refractivity contribution >= 4 is 17.3 Å². The van der Waals surface area contributed by atoms with Crippen LogP contribution in [0.15, 0.2) is 67.0 Å². The van der Waals surface area contributed by atoms with Gasteiger partial charge in [0.1, 0.15) is 5.75 Å². The standard InChI is InChI=1S/C21H18N4O2/c1-27-20-8-3-2-6-16(20)13-24-19-10-17(12-23-14-19)21(26)25-18-7-4-5-15(9-18)11-22/h2-10,12,14,24H,13H2,1H3,(H,25,26). The Bertz CT molecular complexity index is 995. The molecule has 6 nitrogen and oxygen atoms in total. The lowest BCUT2D eigenvalue weighted by molar-refractivity contribution is 0.102. The first-order chi connectivity index (χ1) is 13.2. The summed E-state index contributed by atoms with van der Waals surface area (Å²) in [5, 5.41) is 15.0. The number of hydrogen-bond acceptors (Lipinski definition) is 5. The number of nitrogens with one attached hydrogen (secondary N) is 2. The van der Waals surface area contributed by atoms with Crippen LogP contribution in [0.5, 0.6) is 5.75 Å². The molecule has 0 spiro atoms. The third kappa shape index (κ3) is 4.61. The monoisotopic (exact) mass is 358 g/mol. The SMILES string of the molecule is COc1ccccc1CNc1cncc(C(=O)Nc2cccc(C#N)c2)c1. The van der Waals surface area contributed by atoms with Gasteiger partial charge in [0.15, 0.2) is 0 Å². The van der Waals surface area contributed by atoms with Crippen molar-refractivity contribution in [2.24, 2.45) is 0 Å². The summed E-state index contributed by atoms with van der Waals surface area (Å²) in [5.41, 5.74) is 3.19. The van der Waals surface area contributed by atoms with Crippen LogP contribution < -0.4 is 15.4 Å². The third-order valence-electron chi connectivity index (χ3n) is 3.93. The minimum absolute atomic E-state index is 0.293. The van der Waals surface area contributed by atoms with Gasteiger partial charge in [-0.05, 0) is 30.3 Å². The quantitative estimate of drug-likeness (QED) is 0.699. The number of rotatable bonds is 6. The number of nitriles is 1. The molecule has 3 rings (SSSR count). The molecule has 134 valence electrons. The van der Waals surface area contributed by atoms with Gasteiger partial charge in [-0.15, -0.1) is 0 Å². The number of benzene rings is 2. The molecule has 6 heteroatoms. The Morgan fingerprint density at radius 2 is 1.96 bits per heavy atom. The normalized spacial score (nSPS) is 9.93. The summed E-state index contributed by atoms with van der Waals surface area (Å²) in [7, 11) is 1.63. The van der Waals surface area contributed by atoms with Gasteiger partial charge >= 0.3 is 0 Å². The minimum Gasteiger partial charge on any atom is -0.496 e. The maximum atomic E-state index is 12.5. The zero-order valence-corrected chi connectivity index (χ0v) is 14.8. The number of para-hydroxylation sites is 1. The highest BCUT2D eigenvalue weighted by Gasteiger charge is 2.09. The molecule has 0 atom stereocenters. The molecule has 0 bridgehead atoms. The van der Waals surface area contributed by atoms with Gasteiger partial charge in [-0.25, -0.2) is 0 Å². The number of carbonyl (C=O) groups is 1. The van der Waals surface area contributed by atoms with Crippen molar-refractivity contribution in [2.45, 2.75) is 6.54 Å². The number of amides is 1. The molecule has 1 heterocycles. The lowest BCUT2D eigenvalue weighted by atomic mass is 10.2. The van der Waals surface area contributed by atoms with Crippen LogP contribution in [0, 0.1) is 11.3 Å². The zero-order valence-electron chi connectivity index (χ0n) is 14.8. The van der Waals surface area contributed by atoms with Crippen LogP contribution in [0.2, 0.25) is 0 Å².